The Morgan fingerprint density at radius 3 is 2.25 bits per heavy atom. The maximum Gasteiger partial charge on any atom is 0.408 e. The van der Waals surface area contributed by atoms with Gasteiger partial charge in [-0.25, -0.2) is 14.0 Å². The summed E-state index contributed by atoms with van der Waals surface area (Å²) in [4.78, 5) is 22.5. The first-order valence-corrected chi connectivity index (χ1v) is 6.12. The lowest BCUT2D eigenvalue weighted by Gasteiger charge is -2.24. The lowest BCUT2D eigenvalue weighted by Crippen LogP contribution is -2.40. The molecule has 6 heteroatoms. The second-order valence-electron chi connectivity index (χ2n) is 5.27. The fraction of sp³-hybridized carbons (Fsp3) is 0.429. The monoisotopic (exact) mass is 283 g/mol. The fourth-order valence-electron chi connectivity index (χ4n) is 1.56. The van der Waals surface area contributed by atoms with Gasteiger partial charge < -0.3 is 15.2 Å². The minimum absolute atomic E-state index is 0.355. The molecule has 2 unspecified atom stereocenters. The number of amides is 1. The molecule has 0 heterocycles. The van der Waals surface area contributed by atoms with E-state index < -0.39 is 29.9 Å². The molecule has 0 aliphatic rings. The molecule has 20 heavy (non-hydrogen) atoms. The van der Waals surface area contributed by atoms with Crippen molar-refractivity contribution in [2.45, 2.75) is 38.6 Å². The third-order valence-electron chi connectivity index (χ3n) is 2.36. The highest BCUT2D eigenvalue weighted by Crippen LogP contribution is 2.20. The van der Waals surface area contributed by atoms with Crippen molar-refractivity contribution in [1.82, 2.24) is 5.32 Å². The van der Waals surface area contributed by atoms with Crippen LogP contribution in [0.4, 0.5) is 9.18 Å². The van der Waals surface area contributed by atoms with Crippen molar-refractivity contribution in [3.63, 3.8) is 0 Å². The van der Waals surface area contributed by atoms with Gasteiger partial charge in [-0.3, -0.25) is 0 Å². The van der Waals surface area contributed by atoms with Crippen molar-refractivity contribution < 1.29 is 23.8 Å². The Labute approximate surface area is 116 Å². The van der Waals surface area contributed by atoms with Gasteiger partial charge in [0, 0.05) is 0 Å². The third kappa shape index (κ3) is 4.87. The Bertz CT molecular complexity index is 470. The maximum atomic E-state index is 13.8. The Morgan fingerprint density at radius 2 is 1.80 bits per heavy atom. The smallest absolute Gasteiger partial charge is 0.408 e. The van der Waals surface area contributed by atoms with E-state index in [0.29, 0.717) is 5.56 Å². The van der Waals surface area contributed by atoms with Gasteiger partial charge in [-0.05, 0) is 26.3 Å². The van der Waals surface area contributed by atoms with E-state index in [1.165, 1.54) is 12.1 Å². The number of carbonyl (C=O) groups excluding carboxylic acids is 1. The van der Waals surface area contributed by atoms with Crippen molar-refractivity contribution in [3.05, 3.63) is 35.9 Å². The van der Waals surface area contributed by atoms with Crippen molar-refractivity contribution in [3.8, 4) is 0 Å². The van der Waals surface area contributed by atoms with Crippen LogP contribution in [0.25, 0.3) is 0 Å². The summed E-state index contributed by atoms with van der Waals surface area (Å²) in [5.74, 6) is -1.64. The zero-order chi connectivity index (χ0) is 15.3. The minimum atomic E-state index is -2.26. The van der Waals surface area contributed by atoms with Crippen LogP contribution in [-0.4, -0.2) is 28.9 Å². The van der Waals surface area contributed by atoms with Crippen molar-refractivity contribution >= 4 is 12.1 Å². The van der Waals surface area contributed by atoms with Crippen LogP contribution in [0.15, 0.2) is 30.3 Å². The van der Waals surface area contributed by atoms with E-state index in [9.17, 15) is 14.0 Å². The third-order valence-corrected chi connectivity index (χ3v) is 2.36. The van der Waals surface area contributed by atoms with E-state index in [2.05, 4.69) is 5.32 Å². The summed E-state index contributed by atoms with van der Waals surface area (Å²) in [5, 5.41) is 11.0. The molecule has 0 radical (unpaired) electrons. The number of carbonyl (C=O) groups is 2. The summed E-state index contributed by atoms with van der Waals surface area (Å²) >= 11 is 0. The van der Waals surface area contributed by atoms with Crippen LogP contribution < -0.4 is 5.32 Å². The van der Waals surface area contributed by atoms with Crippen LogP contribution >= 0.6 is 0 Å². The highest BCUT2D eigenvalue weighted by Gasteiger charge is 2.32. The Kier molecular flexibility index (Phi) is 5.07. The predicted molar refractivity (Wildman–Crippen MR) is 71.1 cm³/mol. The summed E-state index contributed by atoms with van der Waals surface area (Å²) in [5.41, 5.74) is -0.395. The molecule has 1 aromatic rings. The highest BCUT2D eigenvalue weighted by atomic mass is 19.1. The normalized spacial score (nSPS) is 14.2. The number of aliphatic carboxylic acids is 1. The van der Waals surface area contributed by atoms with Crippen LogP contribution in [-0.2, 0) is 9.53 Å². The first-order valence-electron chi connectivity index (χ1n) is 6.12. The minimum Gasteiger partial charge on any atom is -0.479 e. The lowest BCUT2D eigenvalue weighted by atomic mass is 10.0. The van der Waals surface area contributed by atoms with E-state index in [1.807, 2.05) is 0 Å². The molecule has 0 aromatic heterocycles. The van der Waals surface area contributed by atoms with E-state index in [1.54, 1.807) is 39.0 Å². The van der Waals surface area contributed by atoms with Gasteiger partial charge >= 0.3 is 12.1 Å². The first-order chi connectivity index (χ1) is 9.20. The number of carboxylic acid groups (broad SMARTS) is 1. The molecule has 0 saturated heterocycles. The number of ether oxygens (including phenoxy) is 1. The molecule has 0 aliphatic heterocycles. The number of alkyl halides is 1. The van der Waals surface area contributed by atoms with E-state index in [4.69, 9.17) is 9.84 Å². The molecule has 110 valence electrons. The van der Waals surface area contributed by atoms with E-state index in [-0.39, 0.29) is 0 Å². The number of benzene rings is 1. The van der Waals surface area contributed by atoms with Crippen LogP contribution in [0.5, 0.6) is 0 Å². The SMILES string of the molecule is CC(C)(C)OC(=O)NC(c1ccccc1)C(F)C(=O)O. The quantitative estimate of drug-likeness (QED) is 0.890. The maximum absolute atomic E-state index is 13.8. The Balaban J connectivity index is 2.90. The molecule has 0 bridgehead atoms. The number of carboxylic acids is 1. The predicted octanol–water partition coefficient (Wildman–Crippen LogP) is 2.68. The first kappa shape index (κ1) is 15.9. The van der Waals surface area contributed by atoms with Gasteiger partial charge in [-0.2, -0.15) is 0 Å². The Morgan fingerprint density at radius 1 is 1.25 bits per heavy atom. The van der Waals surface area contributed by atoms with E-state index in [0.717, 1.165) is 0 Å². The topological polar surface area (TPSA) is 75.6 Å². The van der Waals surface area contributed by atoms with Gasteiger partial charge in [0.1, 0.15) is 5.60 Å². The molecule has 5 nitrogen and oxygen atoms in total. The summed E-state index contributed by atoms with van der Waals surface area (Å²) in [7, 11) is 0. The van der Waals surface area contributed by atoms with Crippen molar-refractivity contribution in [1.29, 1.82) is 0 Å². The average molecular weight is 283 g/mol. The van der Waals surface area contributed by atoms with Crippen LogP contribution in [0.2, 0.25) is 0 Å². The summed E-state index contributed by atoms with van der Waals surface area (Å²) in [6.07, 6.45) is -3.12. The van der Waals surface area contributed by atoms with Gasteiger partial charge in [0.05, 0.1) is 6.04 Å². The zero-order valence-corrected chi connectivity index (χ0v) is 11.6. The molecule has 0 spiro atoms. The summed E-state index contributed by atoms with van der Waals surface area (Å²) in [6.45, 7) is 4.98. The van der Waals surface area contributed by atoms with Crippen LogP contribution in [0.1, 0.15) is 32.4 Å². The van der Waals surface area contributed by atoms with Gasteiger partial charge in [-0.1, -0.05) is 30.3 Å². The number of hydrogen-bond donors (Lipinski definition) is 2. The molecule has 1 amide bonds. The molecule has 1 aromatic carbocycles. The van der Waals surface area contributed by atoms with Gasteiger partial charge in [0.2, 0.25) is 6.17 Å². The Hall–Kier alpha value is -2.11. The molecule has 2 N–H and O–H groups in total. The molecule has 2 atom stereocenters. The lowest BCUT2D eigenvalue weighted by molar-refractivity contribution is -0.143. The summed E-state index contributed by atoms with van der Waals surface area (Å²) in [6, 6.07) is 6.75. The van der Waals surface area contributed by atoms with Crippen LogP contribution in [0.3, 0.4) is 0 Å². The van der Waals surface area contributed by atoms with Gasteiger partial charge in [0.15, 0.2) is 0 Å². The standard InChI is InChI=1S/C14H18FNO4/c1-14(2,3)20-13(19)16-11(10(15)12(17)18)9-7-5-4-6-8-9/h4-8,10-11H,1-3H3,(H,16,19)(H,17,18). The number of halogens is 1. The molecular formula is C14H18FNO4. The second kappa shape index (κ2) is 6.36. The van der Waals surface area contributed by atoms with Crippen molar-refractivity contribution in [2.75, 3.05) is 0 Å². The number of rotatable bonds is 4. The van der Waals surface area contributed by atoms with Gasteiger partial charge in [-0.15, -0.1) is 0 Å². The van der Waals surface area contributed by atoms with Crippen LogP contribution in [0, 0.1) is 0 Å². The number of hydrogen-bond acceptors (Lipinski definition) is 3. The second-order valence-corrected chi connectivity index (χ2v) is 5.27. The fourth-order valence-corrected chi connectivity index (χ4v) is 1.56. The molecule has 0 saturated carbocycles. The number of nitrogens with one attached hydrogen (secondary N) is 1. The molecular weight excluding hydrogens is 265 g/mol. The average Bonchev–Trinajstić information content (AvgIpc) is 2.34. The number of alkyl carbamates (subject to hydrolysis) is 1. The molecule has 0 aliphatic carbocycles. The van der Waals surface area contributed by atoms with Crippen molar-refractivity contribution in [2.24, 2.45) is 0 Å². The van der Waals surface area contributed by atoms with Gasteiger partial charge in [0.25, 0.3) is 0 Å². The largest absolute Gasteiger partial charge is 0.479 e. The van der Waals surface area contributed by atoms with E-state index >= 15 is 0 Å². The summed E-state index contributed by atoms with van der Waals surface area (Å²) < 4.78 is 18.8. The highest BCUT2D eigenvalue weighted by molar-refractivity contribution is 5.76. The molecule has 1 rings (SSSR count). The molecule has 0 fully saturated rings. The zero-order valence-electron chi connectivity index (χ0n) is 11.6.